The average Bonchev–Trinajstić information content (AvgIpc) is 2.81. The van der Waals surface area contributed by atoms with E-state index in [1.54, 1.807) is 12.1 Å². The van der Waals surface area contributed by atoms with Gasteiger partial charge < -0.3 is 9.73 Å². The molecule has 0 aliphatic heterocycles. The summed E-state index contributed by atoms with van der Waals surface area (Å²) in [4.78, 5) is 4.14. The van der Waals surface area contributed by atoms with Crippen molar-refractivity contribution in [3.8, 4) is 11.3 Å². The second kappa shape index (κ2) is 6.17. The quantitative estimate of drug-likeness (QED) is 0.909. The predicted octanol–water partition coefficient (Wildman–Crippen LogP) is 3.67. The van der Waals surface area contributed by atoms with Crippen molar-refractivity contribution >= 4 is 11.6 Å². The van der Waals surface area contributed by atoms with Crippen LogP contribution in [-0.4, -0.2) is 17.6 Å². The third kappa shape index (κ3) is 3.55. The molecule has 0 atom stereocenters. The Kier molecular flexibility index (Phi) is 4.56. The SMILES string of the molecule is CC(C)NCCc1ncc(-c2cccc(Cl)c2F)o1. The van der Waals surface area contributed by atoms with E-state index in [4.69, 9.17) is 16.0 Å². The number of halogens is 2. The molecule has 0 saturated carbocycles. The molecular formula is C14H16ClFN2O. The molecule has 1 aromatic carbocycles. The standard InChI is InChI=1S/C14H16ClFN2O/c1-9(2)17-7-6-13-18-8-12(19-13)10-4-3-5-11(15)14(10)16/h3-5,8-9,17H,6-7H2,1-2H3. The highest BCUT2D eigenvalue weighted by atomic mass is 35.5. The smallest absolute Gasteiger partial charge is 0.196 e. The summed E-state index contributed by atoms with van der Waals surface area (Å²) in [5, 5.41) is 3.35. The molecule has 0 spiro atoms. The third-order valence-electron chi connectivity index (χ3n) is 2.66. The zero-order valence-electron chi connectivity index (χ0n) is 10.9. The van der Waals surface area contributed by atoms with Crippen molar-refractivity contribution in [2.45, 2.75) is 26.3 Å². The highest BCUT2D eigenvalue weighted by Gasteiger charge is 2.13. The van der Waals surface area contributed by atoms with E-state index < -0.39 is 5.82 Å². The van der Waals surface area contributed by atoms with Gasteiger partial charge in [-0.15, -0.1) is 0 Å². The number of nitrogens with one attached hydrogen (secondary N) is 1. The van der Waals surface area contributed by atoms with Crippen LogP contribution in [0.1, 0.15) is 19.7 Å². The molecule has 5 heteroatoms. The van der Waals surface area contributed by atoms with Crippen molar-refractivity contribution in [2.75, 3.05) is 6.54 Å². The summed E-state index contributed by atoms with van der Waals surface area (Å²) in [7, 11) is 0. The second-order valence-electron chi connectivity index (χ2n) is 4.58. The fourth-order valence-electron chi connectivity index (χ4n) is 1.71. The Balaban J connectivity index is 2.10. The molecule has 0 aliphatic carbocycles. The fraction of sp³-hybridized carbons (Fsp3) is 0.357. The lowest BCUT2D eigenvalue weighted by molar-refractivity contribution is 0.482. The number of hydrogen-bond donors (Lipinski definition) is 1. The molecule has 2 rings (SSSR count). The average molecular weight is 283 g/mol. The molecule has 1 N–H and O–H groups in total. The number of hydrogen-bond acceptors (Lipinski definition) is 3. The van der Waals surface area contributed by atoms with E-state index in [0.29, 0.717) is 29.7 Å². The first kappa shape index (κ1) is 14.0. The van der Waals surface area contributed by atoms with Crippen LogP contribution in [0.2, 0.25) is 5.02 Å². The molecule has 19 heavy (non-hydrogen) atoms. The lowest BCUT2D eigenvalue weighted by atomic mass is 10.2. The number of benzene rings is 1. The van der Waals surface area contributed by atoms with Crippen molar-refractivity contribution in [1.29, 1.82) is 0 Å². The number of nitrogens with zero attached hydrogens (tertiary/aromatic N) is 1. The van der Waals surface area contributed by atoms with Crippen molar-refractivity contribution in [3.05, 3.63) is 41.1 Å². The van der Waals surface area contributed by atoms with Crippen LogP contribution in [0.5, 0.6) is 0 Å². The molecule has 1 aromatic heterocycles. The van der Waals surface area contributed by atoms with Gasteiger partial charge in [0.2, 0.25) is 0 Å². The van der Waals surface area contributed by atoms with E-state index in [2.05, 4.69) is 24.1 Å². The summed E-state index contributed by atoms with van der Waals surface area (Å²) in [6.07, 6.45) is 2.19. The maximum absolute atomic E-state index is 13.8. The van der Waals surface area contributed by atoms with Crippen molar-refractivity contribution in [2.24, 2.45) is 0 Å². The first-order valence-electron chi connectivity index (χ1n) is 6.20. The molecule has 2 aromatic rings. The van der Waals surface area contributed by atoms with E-state index in [0.717, 1.165) is 6.54 Å². The minimum atomic E-state index is -0.479. The zero-order valence-corrected chi connectivity index (χ0v) is 11.7. The van der Waals surface area contributed by atoms with Crippen LogP contribution in [0.25, 0.3) is 11.3 Å². The number of oxazole rings is 1. The summed E-state index contributed by atoms with van der Waals surface area (Å²) in [6, 6.07) is 5.23. The summed E-state index contributed by atoms with van der Waals surface area (Å²) in [5.74, 6) is 0.509. The minimum absolute atomic E-state index is 0.0805. The Labute approximate surface area is 116 Å². The maximum Gasteiger partial charge on any atom is 0.196 e. The largest absolute Gasteiger partial charge is 0.441 e. The number of aromatic nitrogens is 1. The maximum atomic E-state index is 13.8. The monoisotopic (exact) mass is 282 g/mol. The molecule has 3 nitrogen and oxygen atoms in total. The summed E-state index contributed by atoms with van der Waals surface area (Å²) in [6.45, 7) is 4.92. The Morgan fingerprint density at radius 1 is 1.42 bits per heavy atom. The lowest BCUT2D eigenvalue weighted by Crippen LogP contribution is -2.24. The van der Waals surface area contributed by atoms with Gasteiger partial charge in [-0.1, -0.05) is 31.5 Å². The van der Waals surface area contributed by atoms with Gasteiger partial charge in [-0.2, -0.15) is 0 Å². The summed E-state index contributed by atoms with van der Waals surface area (Å²) >= 11 is 5.74. The van der Waals surface area contributed by atoms with Crippen LogP contribution < -0.4 is 5.32 Å². The van der Waals surface area contributed by atoms with Crippen LogP contribution in [0.3, 0.4) is 0 Å². The Morgan fingerprint density at radius 3 is 2.95 bits per heavy atom. The highest BCUT2D eigenvalue weighted by Crippen LogP contribution is 2.27. The molecule has 1 heterocycles. The van der Waals surface area contributed by atoms with Crippen LogP contribution in [0.15, 0.2) is 28.8 Å². The zero-order chi connectivity index (χ0) is 13.8. The van der Waals surface area contributed by atoms with E-state index in [1.807, 2.05) is 0 Å². The Morgan fingerprint density at radius 2 is 2.21 bits per heavy atom. The van der Waals surface area contributed by atoms with E-state index in [1.165, 1.54) is 12.3 Å². The Bertz CT molecular complexity index is 554. The van der Waals surface area contributed by atoms with Gasteiger partial charge in [0.1, 0.15) is 0 Å². The summed E-state index contributed by atoms with van der Waals surface area (Å²) in [5.41, 5.74) is 0.336. The molecule has 0 aliphatic rings. The van der Waals surface area contributed by atoms with Gasteiger partial charge >= 0.3 is 0 Å². The van der Waals surface area contributed by atoms with E-state index in [9.17, 15) is 4.39 Å². The molecule has 0 amide bonds. The normalized spacial score (nSPS) is 11.2. The van der Waals surface area contributed by atoms with Gasteiger partial charge in [0.15, 0.2) is 17.5 Å². The topological polar surface area (TPSA) is 38.1 Å². The third-order valence-corrected chi connectivity index (χ3v) is 2.95. The van der Waals surface area contributed by atoms with Crippen LogP contribution in [0, 0.1) is 5.82 Å². The predicted molar refractivity (Wildman–Crippen MR) is 73.7 cm³/mol. The minimum Gasteiger partial charge on any atom is -0.441 e. The van der Waals surface area contributed by atoms with Gasteiger partial charge in [0, 0.05) is 19.0 Å². The number of rotatable bonds is 5. The van der Waals surface area contributed by atoms with Crippen molar-refractivity contribution in [3.63, 3.8) is 0 Å². The fourth-order valence-corrected chi connectivity index (χ4v) is 1.89. The molecule has 0 unspecified atom stereocenters. The van der Waals surface area contributed by atoms with Crippen molar-refractivity contribution in [1.82, 2.24) is 10.3 Å². The molecule has 0 saturated heterocycles. The second-order valence-corrected chi connectivity index (χ2v) is 4.99. The molecular weight excluding hydrogens is 267 g/mol. The van der Waals surface area contributed by atoms with Crippen LogP contribution in [0.4, 0.5) is 4.39 Å². The molecule has 0 fully saturated rings. The van der Waals surface area contributed by atoms with Gasteiger partial charge in [-0.05, 0) is 12.1 Å². The molecule has 0 bridgehead atoms. The van der Waals surface area contributed by atoms with Crippen LogP contribution in [-0.2, 0) is 6.42 Å². The Hall–Kier alpha value is -1.39. The van der Waals surface area contributed by atoms with Gasteiger partial charge in [-0.3, -0.25) is 0 Å². The van der Waals surface area contributed by atoms with Gasteiger partial charge in [0.25, 0.3) is 0 Å². The lowest BCUT2D eigenvalue weighted by Gasteiger charge is -2.05. The first-order chi connectivity index (χ1) is 9.08. The van der Waals surface area contributed by atoms with Gasteiger partial charge in [-0.25, -0.2) is 9.37 Å². The molecule has 102 valence electrons. The van der Waals surface area contributed by atoms with E-state index in [-0.39, 0.29) is 5.02 Å². The first-order valence-corrected chi connectivity index (χ1v) is 6.58. The van der Waals surface area contributed by atoms with Gasteiger partial charge in [0.05, 0.1) is 16.8 Å². The van der Waals surface area contributed by atoms with Crippen LogP contribution >= 0.6 is 11.6 Å². The summed E-state index contributed by atoms with van der Waals surface area (Å²) < 4.78 is 19.4. The van der Waals surface area contributed by atoms with Crippen molar-refractivity contribution < 1.29 is 8.81 Å². The molecule has 0 radical (unpaired) electrons. The van der Waals surface area contributed by atoms with E-state index >= 15 is 0 Å². The highest BCUT2D eigenvalue weighted by molar-refractivity contribution is 6.31.